The fourth-order valence-electron chi connectivity index (χ4n) is 1.08. The number of hydrogen-bond donors (Lipinski definition) is 2. The Kier molecular flexibility index (Phi) is 5.63. The van der Waals surface area contributed by atoms with Crippen LogP contribution in [-0.4, -0.2) is 35.1 Å². The van der Waals surface area contributed by atoms with Crippen LogP contribution in [0.3, 0.4) is 0 Å². The van der Waals surface area contributed by atoms with Crippen LogP contribution >= 0.6 is 0 Å². The molecule has 1 aromatic heterocycles. The fourth-order valence-corrected chi connectivity index (χ4v) is 1.08. The first kappa shape index (κ1) is 14.3. The van der Waals surface area contributed by atoms with E-state index in [1.54, 1.807) is 12.1 Å². The number of terminal acetylenes is 1. The van der Waals surface area contributed by atoms with Gasteiger partial charge >= 0.3 is 5.97 Å². The van der Waals surface area contributed by atoms with Crippen LogP contribution in [0.25, 0.3) is 6.08 Å². The summed E-state index contributed by atoms with van der Waals surface area (Å²) in [7, 11) is 0. The van der Waals surface area contributed by atoms with Crippen molar-refractivity contribution in [2.45, 2.75) is 0 Å². The second kappa shape index (κ2) is 7.50. The summed E-state index contributed by atoms with van der Waals surface area (Å²) in [6, 6.07) is 3.16. The Morgan fingerprint density at radius 1 is 1.53 bits per heavy atom. The average molecular weight is 260 g/mol. The third-order valence-electron chi connectivity index (χ3n) is 1.91. The van der Waals surface area contributed by atoms with Gasteiger partial charge in [0.15, 0.2) is 6.61 Å². The van der Waals surface area contributed by atoms with E-state index in [1.165, 1.54) is 12.3 Å². The number of nitrogens with zero attached hydrogens (tertiary/aromatic N) is 1. The van der Waals surface area contributed by atoms with Crippen LogP contribution in [0.4, 0.5) is 0 Å². The molecule has 0 spiro atoms. The van der Waals surface area contributed by atoms with Gasteiger partial charge in [0, 0.05) is 6.08 Å². The number of carboxylic acids is 1. The quantitative estimate of drug-likeness (QED) is 0.567. The minimum absolute atomic E-state index is 0.152. The molecule has 0 fully saturated rings. The number of rotatable bonds is 6. The standard InChI is InChI=1S/C13H12N2O4/c1-2-7-14-12(16)9-19-11-5-3-10(15-8-11)4-6-13(17)18/h1,3-6,8H,7,9H2,(H,14,16)(H,17,18). The van der Waals surface area contributed by atoms with Crippen LogP contribution in [0.15, 0.2) is 24.4 Å². The lowest BCUT2D eigenvalue weighted by atomic mass is 10.3. The lowest BCUT2D eigenvalue weighted by Crippen LogP contribution is -2.29. The number of carboxylic acid groups (broad SMARTS) is 1. The van der Waals surface area contributed by atoms with E-state index in [1.807, 2.05) is 0 Å². The zero-order chi connectivity index (χ0) is 14.1. The predicted molar refractivity (Wildman–Crippen MR) is 68.2 cm³/mol. The van der Waals surface area contributed by atoms with Gasteiger partial charge in [0.05, 0.1) is 18.4 Å². The highest BCUT2D eigenvalue weighted by molar-refractivity contribution is 5.84. The van der Waals surface area contributed by atoms with Gasteiger partial charge in [-0.05, 0) is 18.2 Å². The van der Waals surface area contributed by atoms with Gasteiger partial charge in [0.2, 0.25) is 0 Å². The molecule has 6 nitrogen and oxygen atoms in total. The van der Waals surface area contributed by atoms with E-state index in [9.17, 15) is 9.59 Å². The minimum atomic E-state index is -1.05. The maximum atomic E-state index is 11.2. The predicted octanol–water partition coefficient (Wildman–Crippen LogP) is 0.308. The van der Waals surface area contributed by atoms with Gasteiger partial charge in [-0.3, -0.25) is 9.78 Å². The molecule has 0 bridgehead atoms. The summed E-state index contributed by atoms with van der Waals surface area (Å²) in [6.45, 7) is -0.00691. The molecular formula is C13H12N2O4. The molecule has 0 aromatic carbocycles. The van der Waals surface area contributed by atoms with Crippen molar-refractivity contribution < 1.29 is 19.4 Å². The highest BCUT2D eigenvalue weighted by Gasteiger charge is 2.01. The molecule has 1 rings (SSSR count). The molecule has 19 heavy (non-hydrogen) atoms. The van der Waals surface area contributed by atoms with E-state index < -0.39 is 5.97 Å². The lowest BCUT2D eigenvalue weighted by Gasteiger charge is -2.05. The van der Waals surface area contributed by atoms with Crippen molar-refractivity contribution in [3.05, 3.63) is 30.1 Å². The van der Waals surface area contributed by atoms with E-state index in [-0.39, 0.29) is 19.1 Å². The molecule has 6 heteroatoms. The molecule has 0 saturated heterocycles. The van der Waals surface area contributed by atoms with E-state index >= 15 is 0 Å². The Hall–Kier alpha value is -2.81. The number of ether oxygens (including phenoxy) is 1. The highest BCUT2D eigenvalue weighted by Crippen LogP contribution is 2.09. The molecule has 1 aromatic rings. The number of pyridine rings is 1. The van der Waals surface area contributed by atoms with Crippen LogP contribution in [0.2, 0.25) is 0 Å². The van der Waals surface area contributed by atoms with E-state index in [4.69, 9.17) is 16.3 Å². The van der Waals surface area contributed by atoms with Gasteiger partial charge in [-0.15, -0.1) is 6.42 Å². The van der Waals surface area contributed by atoms with Gasteiger partial charge in [-0.2, -0.15) is 0 Å². The summed E-state index contributed by atoms with van der Waals surface area (Å²) in [5.74, 6) is 1.30. The summed E-state index contributed by atoms with van der Waals surface area (Å²) in [4.78, 5) is 25.4. The minimum Gasteiger partial charge on any atom is -0.482 e. The molecule has 1 amide bonds. The maximum Gasteiger partial charge on any atom is 0.328 e. The average Bonchev–Trinajstić information content (AvgIpc) is 2.41. The molecule has 0 aliphatic carbocycles. The van der Waals surface area contributed by atoms with Gasteiger partial charge < -0.3 is 15.2 Å². The zero-order valence-corrected chi connectivity index (χ0v) is 10.00. The van der Waals surface area contributed by atoms with Crippen molar-refractivity contribution in [1.29, 1.82) is 0 Å². The largest absolute Gasteiger partial charge is 0.482 e. The molecule has 98 valence electrons. The Labute approximate surface area is 110 Å². The molecule has 0 radical (unpaired) electrons. The molecule has 0 aliphatic rings. The summed E-state index contributed by atoms with van der Waals surface area (Å²) >= 11 is 0. The van der Waals surface area contributed by atoms with Crippen molar-refractivity contribution >= 4 is 18.0 Å². The van der Waals surface area contributed by atoms with Crippen LogP contribution in [0.1, 0.15) is 5.69 Å². The van der Waals surface area contributed by atoms with Crippen molar-refractivity contribution in [3.63, 3.8) is 0 Å². The van der Waals surface area contributed by atoms with Crippen molar-refractivity contribution in [3.8, 4) is 18.1 Å². The molecule has 0 saturated carbocycles. The number of aromatic nitrogens is 1. The first-order chi connectivity index (χ1) is 9.11. The number of hydrogen-bond acceptors (Lipinski definition) is 4. The summed E-state index contributed by atoms with van der Waals surface area (Å²) in [6.07, 6.45) is 8.72. The van der Waals surface area contributed by atoms with Crippen LogP contribution in [-0.2, 0) is 9.59 Å². The summed E-state index contributed by atoms with van der Waals surface area (Å²) in [5, 5.41) is 10.9. The third-order valence-corrected chi connectivity index (χ3v) is 1.91. The zero-order valence-electron chi connectivity index (χ0n) is 10.00. The van der Waals surface area contributed by atoms with Crippen LogP contribution < -0.4 is 10.1 Å². The molecule has 0 unspecified atom stereocenters. The summed E-state index contributed by atoms with van der Waals surface area (Å²) in [5.41, 5.74) is 0.478. The highest BCUT2D eigenvalue weighted by atomic mass is 16.5. The topological polar surface area (TPSA) is 88.5 Å². The number of aliphatic carboxylic acids is 1. The SMILES string of the molecule is C#CCNC(=O)COc1ccc(C=CC(=O)O)nc1. The molecular weight excluding hydrogens is 248 g/mol. The van der Waals surface area contributed by atoms with E-state index in [0.717, 1.165) is 6.08 Å². The van der Waals surface area contributed by atoms with Crippen molar-refractivity contribution in [2.75, 3.05) is 13.2 Å². The van der Waals surface area contributed by atoms with Gasteiger partial charge in [0.25, 0.3) is 5.91 Å². The Morgan fingerprint density at radius 3 is 2.89 bits per heavy atom. The summed E-state index contributed by atoms with van der Waals surface area (Å²) < 4.78 is 5.16. The Balaban J connectivity index is 2.46. The maximum absolute atomic E-state index is 11.2. The smallest absolute Gasteiger partial charge is 0.328 e. The van der Waals surface area contributed by atoms with Crippen LogP contribution in [0, 0.1) is 12.3 Å². The first-order valence-electron chi connectivity index (χ1n) is 5.32. The van der Waals surface area contributed by atoms with Gasteiger partial charge in [-0.25, -0.2) is 4.79 Å². The molecule has 2 N–H and O–H groups in total. The van der Waals surface area contributed by atoms with Crippen molar-refractivity contribution in [1.82, 2.24) is 10.3 Å². The Morgan fingerprint density at radius 2 is 2.32 bits per heavy atom. The molecule has 0 atom stereocenters. The van der Waals surface area contributed by atoms with E-state index in [2.05, 4.69) is 16.2 Å². The number of carbonyl (C=O) groups is 2. The van der Waals surface area contributed by atoms with E-state index in [0.29, 0.717) is 11.4 Å². The lowest BCUT2D eigenvalue weighted by molar-refractivity contribution is -0.131. The second-order valence-electron chi connectivity index (χ2n) is 3.36. The Bertz CT molecular complexity index is 514. The number of amides is 1. The molecule has 1 heterocycles. The van der Waals surface area contributed by atoms with Crippen molar-refractivity contribution in [2.24, 2.45) is 0 Å². The third kappa shape index (κ3) is 5.89. The normalized spacial score (nSPS) is 9.84. The number of nitrogens with one attached hydrogen (secondary N) is 1. The monoisotopic (exact) mass is 260 g/mol. The van der Waals surface area contributed by atoms with Gasteiger partial charge in [-0.1, -0.05) is 5.92 Å². The first-order valence-corrected chi connectivity index (χ1v) is 5.32. The fraction of sp³-hybridized carbons (Fsp3) is 0.154. The number of carbonyl (C=O) groups excluding carboxylic acids is 1. The molecule has 0 aliphatic heterocycles. The van der Waals surface area contributed by atoms with Crippen LogP contribution in [0.5, 0.6) is 5.75 Å². The second-order valence-corrected chi connectivity index (χ2v) is 3.36. The van der Waals surface area contributed by atoms with Gasteiger partial charge in [0.1, 0.15) is 5.75 Å².